The highest BCUT2D eigenvalue weighted by Crippen LogP contribution is 2.29. The third-order valence-corrected chi connectivity index (χ3v) is 3.07. The molecule has 2 rings (SSSR count). The van der Waals surface area contributed by atoms with Gasteiger partial charge in [0.25, 0.3) is 0 Å². The van der Waals surface area contributed by atoms with E-state index in [0.717, 1.165) is 11.4 Å². The zero-order valence-corrected chi connectivity index (χ0v) is 8.11. The number of aryl methyl sites for hydroxylation is 1. The van der Waals surface area contributed by atoms with Crippen LogP contribution in [0.25, 0.3) is 6.08 Å². The number of hydrogen-bond acceptors (Lipinski definition) is 2. The summed E-state index contributed by atoms with van der Waals surface area (Å²) in [6.45, 7) is 4.20. The third-order valence-electron chi connectivity index (χ3n) is 1.87. The van der Waals surface area contributed by atoms with Crippen LogP contribution in [0.1, 0.15) is 18.2 Å². The summed E-state index contributed by atoms with van der Waals surface area (Å²) in [6, 6.07) is 4.21. The zero-order valence-electron chi connectivity index (χ0n) is 7.29. The quantitative estimate of drug-likeness (QED) is 0.604. The van der Waals surface area contributed by atoms with Gasteiger partial charge in [0, 0.05) is 17.0 Å². The lowest BCUT2D eigenvalue weighted by atomic mass is 10.2. The number of fused-ring (bicyclic) bond motifs is 1. The van der Waals surface area contributed by atoms with Crippen LogP contribution in [0.15, 0.2) is 22.7 Å². The van der Waals surface area contributed by atoms with E-state index in [4.69, 9.17) is 0 Å². The number of rotatable bonds is 0. The molecule has 0 amide bonds. The SMILES string of the molecule is CC1=Cc2ccc(C)nc2SC1. The van der Waals surface area contributed by atoms with Gasteiger partial charge in [-0.3, -0.25) is 0 Å². The Morgan fingerprint density at radius 1 is 1.33 bits per heavy atom. The van der Waals surface area contributed by atoms with Crippen molar-refractivity contribution in [2.24, 2.45) is 0 Å². The van der Waals surface area contributed by atoms with Crippen LogP contribution >= 0.6 is 11.8 Å². The number of thioether (sulfide) groups is 1. The Bertz CT molecular complexity index is 342. The number of hydrogen-bond donors (Lipinski definition) is 0. The van der Waals surface area contributed by atoms with E-state index in [1.54, 1.807) is 0 Å². The van der Waals surface area contributed by atoms with E-state index in [0.29, 0.717) is 0 Å². The molecule has 2 heteroatoms. The predicted molar refractivity (Wildman–Crippen MR) is 53.3 cm³/mol. The summed E-state index contributed by atoms with van der Waals surface area (Å²) < 4.78 is 0. The van der Waals surface area contributed by atoms with E-state index in [1.807, 2.05) is 18.7 Å². The fourth-order valence-electron chi connectivity index (χ4n) is 1.26. The van der Waals surface area contributed by atoms with Crippen LogP contribution in [0.3, 0.4) is 0 Å². The van der Waals surface area contributed by atoms with Crippen LogP contribution in [-0.4, -0.2) is 10.7 Å². The van der Waals surface area contributed by atoms with Crippen LogP contribution in [0.4, 0.5) is 0 Å². The first-order valence-corrected chi connectivity index (χ1v) is 5.02. The lowest BCUT2D eigenvalue weighted by Gasteiger charge is -2.12. The van der Waals surface area contributed by atoms with Crippen molar-refractivity contribution in [2.45, 2.75) is 18.9 Å². The minimum atomic E-state index is 1.09. The molecule has 1 nitrogen and oxygen atoms in total. The highest BCUT2D eigenvalue weighted by molar-refractivity contribution is 7.99. The minimum Gasteiger partial charge on any atom is -0.246 e. The van der Waals surface area contributed by atoms with Gasteiger partial charge < -0.3 is 0 Å². The summed E-state index contributed by atoms with van der Waals surface area (Å²) >= 11 is 1.83. The minimum absolute atomic E-state index is 1.09. The van der Waals surface area contributed by atoms with Gasteiger partial charge in [-0.2, -0.15) is 0 Å². The Kier molecular flexibility index (Phi) is 1.93. The van der Waals surface area contributed by atoms with Gasteiger partial charge in [0.05, 0.1) is 0 Å². The maximum absolute atomic E-state index is 4.47. The van der Waals surface area contributed by atoms with Gasteiger partial charge >= 0.3 is 0 Å². The maximum Gasteiger partial charge on any atom is 0.104 e. The average molecular weight is 177 g/mol. The molecule has 12 heavy (non-hydrogen) atoms. The molecular formula is C10H11NS. The molecule has 0 saturated heterocycles. The lowest BCUT2D eigenvalue weighted by molar-refractivity contribution is 1.05. The van der Waals surface area contributed by atoms with Crippen LogP contribution in [0.2, 0.25) is 0 Å². The second-order valence-corrected chi connectivity index (χ2v) is 4.09. The van der Waals surface area contributed by atoms with Gasteiger partial charge in [-0.05, 0) is 19.9 Å². The standard InChI is InChI=1S/C10H11NS/c1-7-5-9-4-3-8(2)11-10(9)12-6-7/h3-5H,6H2,1-2H3. The molecule has 0 unspecified atom stereocenters. The topological polar surface area (TPSA) is 12.9 Å². The summed E-state index contributed by atoms with van der Waals surface area (Å²) in [5.74, 6) is 1.09. The van der Waals surface area contributed by atoms with Crippen LogP contribution in [-0.2, 0) is 0 Å². The molecule has 0 atom stereocenters. The van der Waals surface area contributed by atoms with Crippen molar-refractivity contribution in [3.63, 3.8) is 0 Å². The molecule has 2 heterocycles. The number of nitrogens with zero attached hydrogens (tertiary/aromatic N) is 1. The smallest absolute Gasteiger partial charge is 0.104 e. The Morgan fingerprint density at radius 2 is 2.17 bits per heavy atom. The monoisotopic (exact) mass is 177 g/mol. The van der Waals surface area contributed by atoms with Gasteiger partial charge in [0.2, 0.25) is 0 Å². The number of aromatic nitrogens is 1. The first kappa shape index (κ1) is 7.87. The largest absolute Gasteiger partial charge is 0.246 e. The molecule has 1 aliphatic rings. The molecular weight excluding hydrogens is 166 g/mol. The molecule has 0 bridgehead atoms. The maximum atomic E-state index is 4.47. The first-order chi connectivity index (χ1) is 5.75. The molecule has 0 aromatic carbocycles. The van der Waals surface area contributed by atoms with Crippen molar-refractivity contribution in [1.29, 1.82) is 0 Å². The molecule has 0 N–H and O–H groups in total. The second-order valence-electron chi connectivity index (χ2n) is 3.13. The van der Waals surface area contributed by atoms with Gasteiger partial charge in [-0.1, -0.05) is 17.7 Å². The van der Waals surface area contributed by atoms with E-state index in [2.05, 4.69) is 30.1 Å². The Labute approximate surface area is 76.9 Å². The van der Waals surface area contributed by atoms with Crippen molar-refractivity contribution in [3.05, 3.63) is 29.0 Å². The Hall–Kier alpha value is -0.760. The van der Waals surface area contributed by atoms with Crippen molar-refractivity contribution in [2.75, 3.05) is 5.75 Å². The first-order valence-electron chi connectivity index (χ1n) is 4.03. The summed E-state index contributed by atoms with van der Waals surface area (Å²) in [7, 11) is 0. The molecule has 0 radical (unpaired) electrons. The van der Waals surface area contributed by atoms with E-state index >= 15 is 0 Å². The van der Waals surface area contributed by atoms with Gasteiger partial charge in [-0.15, -0.1) is 11.8 Å². The third kappa shape index (κ3) is 1.39. The summed E-state index contributed by atoms with van der Waals surface area (Å²) in [5, 5.41) is 1.18. The molecule has 1 aromatic rings. The highest BCUT2D eigenvalue weighted by atomic mass is 32.2. The summed E-state index contributed by atoms with van der Waals surface area (Å²) in [5.41, 5.74) is 3.81. The summed E-state index contributed by atoms with van der Waals surface area (Å²) in [4.78, 5) is 4.47. The molecule has 1 aliphatic heterocycles. The van der Waals surface area contributed by atoms with E-state index in [1.165, 1.54) is 16.2 Å². The van der Waals surface area contributed by atoms with Crippen molar-refractivity contribution >= 4 is 17.8 Å². The Balaban J connectivity index is 2.51. The fraction of sp³-hybridized carbons (Fsp3) is 0.300. The van der Waals surface area contributed by atoms with Crippen molar-refractivity contribution in [3.8, 4) is 0 Å². The number of pyridine rings is 1. The van der Waals surface area contributed by atoms with Gasteiger partial charge in [0.1, 0.15) is 5.03 Å². The van der Waals surface area contributed by atoms with Crippen LogP contribution < -0.4 is 0 Å². The van der Waals surface area contributed by atoms with Crippen LogP contribution in [0, 0.1) is 6.92 Å². The molecule has 1 aromatic heterocycles. The second kappa shape index (κ2) is 2.94. The molecule has 0 aliphatic carbocycles. The van der Waals surface area contributed by atoms with Gasteiger partial charge in [0.15, 0.2) is 0 Å². The van der Waals surface area contributed by atoms with E-state index in [-0.39, 0.29) is 0 Å². The normalized spacial score (nSPS) is 15.3. The lowest BCUT2D eigenvalue weighted by Crippen LogP contribution is -1.96. The summed E-state index contributed by atoms with van der Waals surface area (Å²) in [6.07, 6.45) is 2.22. The zero-order chi connectivity index (χ0) is 8.55. The Morgan fingerprint density at radius 3 is 3.00 bits per heavy atom. The molecule has 62 valence electrons. The molecule has 0 fully saturated rings. The van der Waals surface area contributed by atoms with E-state index < -0.39 is 0 Å². The predicted octanol–water partition coefficient (Wildman–Crippen LogP) is 2.90. The van der Waals surface area contributed by atoms with E-state index in [9.17, 15) is 0 Å². The molecule has 0 saturated carbocycles. The van der Waals surface area contributed by atoms with Crippen molar-refractivity contribution < 1.29 is 0 Å². The van der Waals surface area contributed by atoms with Crippen LogP contribution in [0.5, 0.6) is 0 Å². The average Bonchev–Trinajstić information content (AvgIpc) is 2.05. The molecule has 0 spiro atoms. The van der Waals surface area contributed by atoms with Gasteiger partial charge in [-0.25, -0.2) is 4.98 Å². The highest BCUT2D eigenvalue weighted by Gasteiger charge is 2.08. The fourth-order valence-corrected chi connectivity index (χ4v) is 2.21. The van der Waals surface area contributed by atoms with Crippen molar-refractivity contribution in [1.82, 2.24) is 4.98 Å².